The van der Waals surface area contributed by atoms with E-state index < -0.39 is 5.41 Å². The van der Waals surface area contributed by atoms with Gasteiger partial charge in [0.1, 0.15) is 0 Å². The van der Waals surface area contributed by atoms with Crippen molar-refractivity contribution in [2.24, 2.45) is 0 Å². The van der Waals surface area contributed by atoms with Crippen LogP contribution in [-0.4, -0.2) is 26.2 Å². The lowest BCUT2D eigenvalue weighted by Gasteiger charge is -2.36. The number of ketones is 1. The van der Waals surface area contributed by atoms with E-state index in [4.69, 9.17) is 0 Å². The third kappa shape index (κ3) is 2.50. The molecule has 0 saturated carbocycles. The molecule has 0 saturated heterocycles. The third-order valence-electron chi connectivity index (χ3n) is 7.07. The predicted molar refractivity (Wildman–Crippen MR) is 124 cm³/mol. The first-order chi connectivity index (χ1) is 15.9. The van der Waals surface area contributed by atoms with Gasteiger partial charge in [-0.05, 0) is 69.6 Å². The highest BCUT2D eigenvalue weighted by atomic mass is 16.3. The molecule has 4 aromatic rings. The minimum atomic E-state index is -0.742. The molecule has 0 bridgehead atoms. The number of hydrogen-bond acceptors (Lipinski definition) is 5. The molecule has 0 heterocycles. The molecule has 0 aliphatic heterocycles. The Bertz CT molecular complexity index is 1440. The fourth-order valence-corrected chi connectivity index (χ4v) is 5.64. The summed E-state index contributed by atoms with van der Waals surface area (Å²) < 4.78 is 0. The van der Waals surface area contributed by atoms with Crippen molar-refractivity contribution in [1.29, 1.82) is 0 Å². The fraction of sp³-hybridized carbons (Fsp3) is 0.107. The van der Waals surface area contributed by atoms with Crippen LogP contribution in [0.1, 0.15) is 39.9 Å². The highest BCUT2D eigenvalue weighted by molar-refractivity contribution is 6.05. The standard InChI is InChI=1S/C28H20O5/c29-23-9-10-28(20-7-3-1-5-15(20)16-6-2-4-8-21(16)28)22-14-27(33)25(31)12-18(22)17-11-24(30)26(32)13-19(17)23/h1-8,11-14,30-33H,9-10H2. The lowest BCUT2D eigenvalue weighted by atomic mass is 9.65. The molecule has 1 spiro atoms. The molecule has 4 aromatic carbocycles. The Hall–Kier alpha value is -4.25. The maximum atomic E-state index is 13.3. The summed E-state index contributed by atoms with van der Waals surface area (Å²) in [5.74, 6) is -1.48. The minimum absolute atomic E-state index is 0.167. The molecular weight excluding hydrogens is 416 g/mol. The van der Waals surface area contributed by atoms with Crippen molar-refractivity contribution in [1.82, 2.24) is 0 Å². The van der Waals surface area contributed by atoms with Gasteiger partial charge in [-0.3, -0.25) is 4.79 Å². The molecule has 0 radical (unpaired) electrons. The Morgan fingerprint density at radius 2 is 1.03 bits per heavy atom. The van der Waals surface area contributed by atoms with Gasteiger partial charge in [0.15, 0.2) is 28.8 Å². The molecule has 0 fully saturated rings. The molecule has 33 heavy (non-hydrogen) atoms. The second kappa shape index (κ2) is 6.62. The second-order valence-electron chi connectivity index (χ2n) is 8.69. The highest BCUT2D eigenvalue weighted by Gasteiger charge is 2.47. The number of carbonyl (C=O) groups is 1. The summed E-state index contributed by atoms with van der Waals surface area (Å²) in [4.78, 5) is 13.3. The maximum absolute atomic E-state index is 13.3. The maximum Gasteiger partial charge on any atom is 0.163 e. The van der Waals surface area contributed by atoms with Crippen LogP contribution in [0.2, 0.25) is 0 Å². The molecule has 5 nitrogen and oxygen atoms in total. The molecule has 0 amide bonds. The zero-order valence-corrected chi connectivity index (χ0v) is 17.5. The first-order valence-electron chi connectivity index (χ1n) is 10.8. The zero-order valence-electron chi connectivity index (χ0n) is 17.5. The van der Waals surface area contributed by atoms with Crippen LogP contribution in [0.25, 0.3) is 22.3 Å². The molecule has 0 atom stereocenters. The monoisotopic (exact) mass is 436 g/mol. The van der Waals surface area contributed by atoms with Crippen LogP contribution < -0.4 is 0 Å². The number of phenols is 4. The molecular formula is C28H20O5. The summed E-state index contributed by atoms with van der Waals surface area (Å²) in [5.41, 5.74) is 5.36. The Morgan fingerprint density at radius 3 is 1.64 bits per heavy atom. The van der Waals surface area contributed by atoms with Gasteiger partial charge in [-0.25, -0.2) is 0 Å². The summed E-state index contributed by atoms with van der Waals surface area (Å²) in [6.45, 7) is 0. The topological polar surface area (TPSA) is 98.0 Å². The smallest absolute Gasteiger partial charge is 0.163 e. The number of benzene rings is 4. The molecule has 2 aliphatic rings. The normalized spacial score (nSPS) is 15.2. The number of phenolic OH excluding ortho intramolecular Hbond substituents is 4. The first-order valence-corrected chi connectivity index (χ1v) is 10.8. The molecule has 4 N–H and O–H groups in total. The summed E-state index contributed by atoms with van der Waals surface area (Å²) in [6.07, 6.45) is 0.638. The van der Waals surface area contributed by atoms with E-state index in [-0.39, 0.29) is 40.8 Å². The third-order valence-corrected chi connectivity index (χ3v) is 7.07. The fourth-order valence-electron chi connectivity index (χ4n) is 5.64. The molecule has 0 unspecified atom stereocenters. The van der Waals surface area contributed by atoms with Gasteiger partial charge in [0.2, 0.25) is 0 Å². The van der Waals surface area contributed by atoms with Crippen LogP contribution in [-0.2, 0) is 5.41 Å². The van der Waals surface area contributed by atoms with Crippen molar-refractivity contribution in [2.45, 2.75) is 18.3 Å². The van der Waals surface area contributed by atoms with Gasteiger partial charge in [-0.2, -0.15) is 0 Å². The van der Waals surface area contributed by atoms with Crippen molar-refractivity contribution < 1.29 is 25.2 Å². The van der Waals surface area contributed by atoms with Crippen LogP contribution in [0.3, 0.4) is 0 Å². The number of carbonyl (C=O) groups excluding carboxylic acids is 1. The van der Waals surface area contributed by atoms with E-state index >= 15 is 0 Å². The number of fused-ring (bicyclic) bond motifs is 9. The number of rotatable bonds is 0. The second-order valence-corrected chi connectivity index (χ2v) is 8.69. The average molecular weight is 436 g/mol. The molecule has 6 rings (SSSR count). The van der Waals surface area contributed by atoms with Crippen LogP contribution in [0.4, 0.5) is 0 Å². The number of hydrogen-bond donors (Lipinski definition) is 4. The van der Waals surface area contributed by atoms with Gasteiger partial charge in [0, 0.05) is 17.4 Å². The van der Waals surface area contributed by atoms with Crippen molar-refractivity contribution in [2.75, 3.05) is 0 Å². The Labute approximate surface area is 189 Å². The lowest BCUT2D eigenvalue weighted by Crippen LogP contribution is -2.30. The van der Waals surface area contributed by atoms with Gasteiger partial charge >= 0.3 is 0 Å². The van der Waals surface area contributed by atoms with Gasteiger partial charge < -0.3 is 20.4 Å². The number of aromatic hydroxyl groups is 4. The van der Waals surface area contributed by atoms with E-state index in [0.717, 1.165) is 27.8 Å². The SMILES string of the molecule is O=C1CCC2(c3cc(O)c(O)cc3-c3cc(O)c(O)cc31)c1ccccc1-c1ccccc12. The summed E-state index contributed by atoms with van der Waals surface area (Å²) in [5, 5.41) is 41.3. The quantitative estimate of drug-likeness (QED) is 0.274. The van der Waals surface area contributed by atoms with Crippen molar-refractivity contribution in [3.8, 4) is 45.3 Å². The van der Waals surface area contributed by atoms with Gasteiger partial charge in [0.05, 0.1) is 0 Å². The van der Waals surface area contributed by atoms with E-state index in [0.29, 0.717) is 17.5 Å². The highest BCUT2D eigenvalue weighted by Crippen LogP contribution is 2.59. The van der Waals surface area contributed by atoms with Crippen LogP contribution in [0, 0.1) is 0 Å². The van der Waals surface area contributed by atoms with E-state index in [1.807, 2.05) is 36.4 Å². The zero-order chi connectivity index (χ0) is 22.9. The Morgan fingerprint density at radius 1 is 0.545 bits per heavy atom. The molecule has 5 heteroatoms. The Balaban J connectivity index is 1.80. The largest absolute Gasteiger partial charge is 0.504 e. The Kier molecular flexibility index (Phi) is 3.90. The molecule has 2 aliphatic carbocycles. The first kappa shape index (κ1) is 19.4. The molecule has 162 valence electrons. The van der Waals surface area contributed by atoms with Crippen LogP contribution in [0.5, 0.6) is 23.0 Å². The predicted octanol–water partition coefficient (Wildman–Crippen LogP) is 5.47. The van der Waals surface area contributed by atoms with Gasteiger partial charge in [0.25, 0.3) is 0 Å². The summed E-state index contributed by atoms with van der Waals surface area (Å²) in [7, 11) is 0. The molecule has 0 aromatic heterocycles. The van der Waals surface area contributed by atoms with Gasteiger partial charge in [-0.1, -0.05) is 48.5 Å². The van der Waals surface area contributed by atoms with Crippen molar-refractivity contribution in [3.63, 3.8) is 0 Å². The summed E-state index contributed by atoms with van der Waals surface area (Å²) in [6, 6.07) is 21.7. The summed E-state index contributed by atoms with van der Waals surface area (Å²) >= 11 is 0. The van der Waals surface area contributed by atoms with Crippen molar-refractivity contribution in [3.05, 3.63) is 95.1 Å². The van der Waals surface area contributed by atoms with E-state index in [2.05, 4.69) is 12.1 Å². The van der Waals surface area contributed by atoms with Crippen LogP contribution in [0.15, 0.2) is 72.8 Å². The number of Topliss-reactive ketones (excluding diaryl/α,β-unsaturated/α-hetero) is 1. The van der Waals surface area contributed by atoms with Crippen molar-refractivity contribution >= 4 is 5.78 Å². The van der Waals surface area contributed by atoms with Gasteiger partial charge in [-0.15, -0.1) is 0 Å². The van der Waals surface area contributed by atoms with E-state index in [1.165, 1.54) is 18.2 Å². The van der Waals surface area contributed by atoms with E-state index in [1.54, 1.807) is 6.07 Å². The van der Waals surface area contributed by atoms with Crippen LogP contribution >= 0.6 is 0 Å². The lowest BCUT2D eigenvalue weighted by molar-refractivity contribution is 0.0974. The van der Waals surface area contributed by atoms with E-state index in [9.17, 15) is 25.2 Å². The minimum Gasteiger partial charge on any atom is -0.504 e. The average Bonchev–Trinajstić information content (AvgIpc) is 3.11.